The van der Waals surface area contributed by atoms with Crippen LogP contribution in [0.2, 0.25) is 0 Å². The highest BCUT2D eigenvalue weighted by atomic mass is 19.4. The average Bonchev–Trinajstić information content (AvgIpc) is 3.00. The summed E-state index contributed by atoms with van der Waals surface area (Å²) < 4.78 is 43.8. The van der Waals surface area contributed by atoms with Crippen molar-refractivity contribution in [3.05, 3.63) is 75.8 Å². The first-order chi connectivity index (χ1) is 17.8. The summed E-state index contributed by atoms with van der Waals surface area (Å²) in [6.07, 6.45) is -6.21. The number of nitrogens with one attached hydrogen (secondary N) is 2. The number of benzene rings is 3. The summed E-state index contributed by atoms with van der Waals surface area (Å²) in [6.45, 7) is 1.34. The topological polar surface area (TPSA) is 137 Å². The Hall–Kier alpha value is -4.61. The maximum Gasteiger partial charge on any atom is 0.389 e. The maximum absolute atomic E-state index is 13.0. The standard InChI is InChI=1S/C26H23F3N4O5/c1-25(24(30)35,9-10-26(27,28)29)16-5-7-18-20(13-16)32-23(34)17-6-3-14(11-19(17)31-18)15-4-8-21(33(36)37)22(12-15)38-2/h3-8,11-13,31H,9-10H2,1-2H3,(H2,30,35)(H,32,34). The van der Waals surface area contributed by atoms with Crippen LogP contribution in [0, 0.1) is 10.1 Å². The summed E-state index contributed by atoms with van der Waals surface area (Å²) in [5.74, 6) is -1.32. The fourth-order valence-electron chi connectivity index (χ4n) is 4.27. The van der Waals surface area contributed by atoms with Crippen LogP contribution in [0.15, 0.2) is 54.6 Å². The van der Waals surface area contributed by atoms with Gasteiger partial charge in [0.2, 0.25) is 5.91 Å². The normalized spacial score (nSPS) is 14.2. The summed E-state index contributed by atoms with van der Waals surface area (Å²) in [7, 11) is 1.33. The molecule has 1 aliphatic rings. The van der Waals surface area contributed by atoms with E-state index in [2.05, 4.69) is 10.6 Å². The molecule has 4 rings (SSSR count). The lowest BCUT2D eigenvalue weighted by molar-refractivity contribution is -0.385. The van der Waals surface area contributed by atoms with Crippen LogP contribution in [0.4, 0.5) is 35.9 Å². The molecule has 0 spiro atoms. The second-order valence-corrected chi connectivity index (χ2v) is 9.06. The predicted octanol–water partition coefficient (Wildman–Crippen LogP) is 5.67. The number of hydrogen-bond acceptors (Lipinski definition) is 6. The number of nitro benzene ring substituents is 1. The number of ether oxygens (including phenoxy) is 1. The van der Waals surface area contributed by atoms with Crippen molar-refractivity contribution in [3.8, 4) is 16.9 Å². The van der Waals surface area contributed by atoms with E-state index in [4.69, 9.17) is 10.5 Å². The molecule has 0 saturated carbocycles. The monoisotopic (exact) mass is 528 g/mol. The third-order valence-corrected chi connectivity index (χ3v) is 6.60. The Balaban J connectivity index is 1.70. The molecule has 9 nitrogen and oxygen atoms in total. The SMILES string of the molecule is COc1cc(-c2ccc3c(c2)Nc2ccc(C(C)(CCC(F)(F)F)C(N)=O)cc2NC3=O)ccc1[N+](=O)[O-]. The predicted molar refractivity (Wildman–Crippen MR) is 135 cm³/mol. The number of nitrogens with two attached hydrogens (primary N) is 1. The van der Waals surface area contributed by atoms with E-state index in [9.17, 15) is 32.9 Å². The Labute approximate surface area is 214 Å². The number of primary amides is 1. The minimum Gasteiger partial charge on any atom is -0.490 e. The van der Waals surface area contributed by atoms with E-state index in [1.54, 1.807) is 30.3 Å². The van der Waals surface area contributed by atoms with Gasteiger partial charge >= 0.3 is 11.9 Å². The Morgan fingerprint density at radius 1 is 0.974 bits per heavy atom. The minimum absolute atomic E-state index is 0.0778. The number of carbonyl (C=O) groups is 2. The largest absolute Gasteiger partial charge is 0.490 e. The fraction of sp³-hybridized carbons (Fsp3) is 0.231. The minimum atomic E-state index is -4.47. The van der Waals surface area contributed by atoms with Crippen molar-refractivity contribution in [2.45, 2.75) is 31.4 Å². The average molecular weight is 528 g/mol. The van der Waals surface area contributed by atoms with Crippen LogP contribution in [-0.2, 0) is 10.2 Å². The number of anilines is 3. The Kier molecular flexibility index (Phi) is 6.75. The van der Waals surface area contributed by atoms with Crippen molar-refractivity contribution in [3.63, 3.8) is 0 Å². The number of nitro groups is 1. The molecule has 38 heavy (non-hydrogen) atoms. The van der Waals surface area contributed by atoms with E-state index in [1.807, 2.05) is 0 Å². The fourth-order valence-corrected chi connectivity index (χ4v) is 4.27. The molecular weight excluding hydrogens is 505 g/mol. The van der Waals surface area contributed by atoms with Gasteiger partial charge in [-0.2, -0.15) is 13.2 Å². The lowest BCUT2D eigenvalue weighted by Crippen LogP contribution is -2.39. The molecule has 198 valence electrons. The highest BCUT2D eigenvalue weighted by molar-refractivity contribution is 6.12. The number of methoxy groups -OCH3 is 1. The Morgan fingerprint density at radius 3 is 2.29 bits per heavy atom. The van der Waals surface area contributed by atoms with Gasteiger partial charge < -0.3 is 21.1 Å². The number of fused-ring (bicyclic) bond motifs is 2. The van der Waals surface area contributed by atoms with Crippen molar-refractivity contribution in [1.29, 1.82) is 0 Å². The molecule has 0 aliphatic carbocycles. The lowest BCUT2D eigenvalue weighted by Gasteiger charge is -2.28. The molecule has 3 aromatic carbocycles. The van der Waals surface area contributed by atoms with Crippen LogP contribution < -0.4 is 21.1 Å². The summed E-state index contributed by atoms with van der Waals surface area (Å²) in [6, 6.07) is 13.8. The molecule has 0 bridgehead atoms. The van der Waals surface area contributed by atoms with Gasteiger partial charge in [0.15, 0.2) is 5.75 Å². The van der Waals surface area contributed by atoms with E-state index in [0.717, 1.165) is 0 Å². The van der Waals surface area contributed by atoms with Crippen molar-refractivity contribution < 1.29 is 32.4 Å². The molecule has 0 saturated heterocycles. The molecule has 1 heterocycles. The number of nitrogens with zero attached hydrogens (tertiary/aromatic N) is 1. The second-order valence-electron chi connectivity index (χ2n) is 9.06. The molecule has 1 unspecified atom stereocenters. The summed E-state index contributed by atoms with van der Waals surface area (Å²) in [4.78, 5) is 35.9. The first kappa shape index (κ1) is 26.5. The van der Waals surface area contributed by atoms with Gasteiger partial charge in [-0.1, -0.05) is 12.1 Å². The summed E-state index contributed by atoms with van der Waals surface area (Å²) in [5.41, 5.74) is 6.61. The highest BCUT2D eigenvalue weighted by Crippen LogP contribution is 2.40. The second kappa shape index (κ2) is 9.69. The molecule has 3 aromatic rings. The van der Waals surface area contributed by atoms with E-state index >= 15 is 0 Å². The maximum atomic E-state index is 13.0. The van der Waals surface area contributed by atoms with E-state index < -0.39 is 41.2 Å². The zero-order valence-electron chi connectivity index (χ0n) is 20.3. The molecule has 4 N–H and O–H groups in total. The van der Waals surface area contributed by atoms with Gasteiger partial charge in [0.1, 0.15) is 0 Å². The van der Waals surface area contributed by atoms with Gasteiger partial charge in [-0.15, -0.1) is 0 Å². The van der Waals surface area contributed by atoms with Gasteiger partial charge in [-0.05, 0) is 66.4 Å². The zero-order valence-corrected chi connectivity index (χ0v) is 20.3. The molecule has 1 aliphatic heterocycles. The quantitative estimate of drug-likeness (QED) is 0.267. The molecule has 12 heteroatoms. The number of alkyl halides is 3. The van der Waals surface area contributed by atoms with Gasteiger partial charge in [0, 0.05) is 12.5 Å². The number of rotatable bonds is 7. The van der Waals surface area contributed by atoms with Crippen molar-refractivity contribution in [2.75, 3.05) is 17.7 Å². The molecule has 0 fully saturated rings. The number of halogens is 3. The van der Waals surface area contributed by atoms with Crippen molar-refractivity contribution in [1.82, 2.24) is 0 Å². The van der Waals surface area contributed by atoms with Crippen LogP contribution in [0.5, 0.6) is 5.75 Å². The van der Waals surface area contributed by atoms with E-state index in [0.29, 0.717) is 22.5 Å². The molecular formula is C26H23F3N4O5. The van der Waals surface area contributed by atoms with Crippen LogP contribution >= 0.6 is 0 Å². The van der Waals surface area contributed by atoms with Crippen LogP contribution in [-0.4, -0.2) is 30.0 Å². The van der Waals surface area contributed by atoms with Gasteiger partial charge in [0.25, 0.3) is 5.91 Å². The van der Waals surface area contributed by atoms with Gasteiger partial charge in [-0.3, -0.25) is 19.7 Å². The number of amides is 2. The lowest BCUT2D eigenvalue weighted by atomic mass is 9.77. The third-order valence-electron chi connectivity index (χ3n) is 6.60. The van der Waals surface area contributed by atoms with Gasteiger partial charge in [0.05, 0.1) is 40.1 Å². The van der Waals surface area contributed by atoms with Crippen LogP contribution in [0.25, 0.3) is 11.1 Å². The zero-order chi connectivity index (χ0) is 27.8. The Morgan fingerprint density at radius 2 is 1.66 bits per heavy atom. The van der Waals surface area contributed by atoms with Crippen molar-refractivity contribution >= 4 is 34.6 Å². The molecule has 0 radical (unpaired) electrons. The first-order valence-electron chi connectivity index (χ1n) is 11.4. The first-order valence-corrected chi connectivity index (χ1v) is 11.4. The van der Waals surface area contributed by atoms with Crippen LogP contribution in [0.1, 0.15) is 35.7 Å². The summed E-state index contributed by atoms with van der Waals surface area (Å²) >= 11 is 0. The third kappa shape index (κ3) is 5.10. The number of hydrogen-bond donors (Lipinski definition) is 3. The highest BCUT2D eigenvalue weighted by Gasteiger charge is 2.39. The van der Waals surface area contributed by atoms with Gasteiger partial charge in [-0.25, -0.2) is 0 Å². The van der Waals surface area contributed by atoms with Crippen LogP contribution in [0.3, 0.4) is 0 Å². The Bertz CT molecular complexity index is 1460. The number of carbonyl (C=O) groups excluding carboxylic acids is 2. The molecule has 1 atom stereocenters. The summed E-state index contributed by atoms with van der Waals surface area (Å²) in [5, 5.41) is 17.1. The molecule has 2 amide bonds. The van der Waals surface area contributed by atoms with Crippen molar-refractivity contribution in [2.24, 2.45) is 5.73 Å². The van der Waals surface area contributed by atoms with E-state index in [-0.39, 0.29) is 28.3 Å². The smallest absolute Gasteiger partial charge is 0.389 e. The molecule has 0 aromatic heterocycles. The van der Waals surface area contributed by atoms with E-state index in [1.165, 1.54) is 38.3 Å².